The van der Waals surface area contributed by atoms with E-state index >= 15 is 0 Å². The van der Waals surface area contributed by atoms with Crippen LogP contribution in [0, 0.1) is 0 Å². The van der Waals surface area contributed by atoms with Crippen LogP contribution in [0.15, 0.2) is 24.3 Å². The molecule has 108 valence electrons. The molecule has 0 spiro atoms. The summed E-state index contributed by atoms with van der Waals surface area (Å²) in [5.74, 6) is 0.929. The number of hydrogen-bond acceptors (Lipinski definition) is 3. The van der Waals surface area contributed by atoms with Gasteiger partial charge in [0.1, 0.15) is 5.75 Å². The van der Waals surface area contributed by atoms with E-state index in [0.29, 0.717) is 6.04 Å². The van der Waals surface area contributed by atoms with Gasteiger partial charge in [-0.15, -0.1) is 0 Å². The summed E-state index contributed by atoms with van der Waals surface area (Å²) in [7, 11) is 6.23. The van der Waals surface area contributed by atoms with Gasteiger partial charge in [0.15, 0.2) is 0 Å². The van der Waals surface area contributed by atoms with Crippen LogP contribution in [0.1, 0.15) is 39.3 Å². The number of likely N-dealkylation sites (N-methyl/N-ethyl adjacent to an activating group) is 2. The third-order valence-electron chi connectivity index (χ3n) is 3.41. The third-order valence-corrected chi connectivity index (χ3v) is 3.41. The summed E-state index contributed by atoms with van der Waals surface area (Å²) in [6.07, 6.45) is 0.212. The van der Waals surface area contributed by atoms with E-state index in [-0.39, 0.29) is 11.6 Å². The molecule has 1 aromatic rings. The smallest absolute Gasteiger partial charge is 0.119 e. The first kappa shape index (κ1) is 16.0. The van der Waals surface area contributed by atoms with E-state index < -0.39 is 0 Å². The predicted molar refractivity (Wildman–Crippen MR) is 81.8 cm³/mol. The van der Waals surface area contributed by atoms with E-state index in [1.807, 2.05) is 20.9 Å². The molecule has 0 fully saturated rings. The Bertz CT molecular complexity index is 382. The fourth-order valence-electron chi connectivity index (χ4n) is 2.50. The number of hydrogen-bond donors (Lipinski definition) is 1. The van der Waals surface area contributed by atoms with Crippen molar-refractivity contribution in [3.8, 4) is 5.75 Å². The first-order valence-electron chi connectivity index (χ1n) is 6.90. The van der Waals surface area contributed by atoms with Crippen LogP contribution in [-0.2, 0) is 0 Å². The molecular weight excluding hydrogens is 236 g/mol. The maximum atomic E-state index is 5.69. The molecule has 0 aliphatic carbocycles. The monoisotopic (exact) mass is 264 g/mol. The lowest BCUT2D eigenvalue weighted by atomic mass is 9.88. The highest BCUT2D eigenvalue weighted by atomic mass is 16.5. The first-order valence-corrected chi connectivity index (χ1v) is 6.90. The van der Waals surface area contributed by atoms with Crippen LogP contribution in [0.3, 0.4) is 0 Å². The van der Waals surface area contributed by atoms with E-state index in [0.717, 1.165) is 5.75 Å². The molecule has 3 heteroatoms. The van der Waals surface area contributed by atoms with E-state index in [4.69, 9.17) is 4.74 Å². The van der Waals surface area contributed by atoms with E-state index in [1.165, 1.54) is 5.56 Å². The van der Waals surface area contributed by atoms with Crippen molar-refractivity contribution < 1.29 is 4.74 Å². The lowest BCUT2D eigenvalue weighted by molar-refractivity contribution is 0.177. The molecule has 3 nitrogen and oxygen atoms in total. The molecule has 0 bridgehead atoms. The van der Waals surface area contributed by atoms with Crippen LogP contribution in [0.4, 0.5) is 0 Å². The van der Waals surface area contributed by atoms with Crippen molar-refractivity contribution in [2.75, 3.05) is 21.1 Å². The Hall–Kier alpha value is -1.06. The Morgan fingerprint density at radius 3 is 2.00 bits per heavy atom. The second kappa shape index (κ2) is 6.40. The van der Waals surface area contributed by atoms with Gasteiger partial charge in [0.25, 0.3) is 0 Å². The largest absolute Gasteiger partial charge is 0.491 e. The number of nitrogens with zero attached hydrogens (tertiary/aromatic N) is 1. The second-order valence-corrected chi connectivity index (χ2v) is 6.07. The fraction of sp³-hybridized carbons (Fsp3) is 0.625. The van der Waals surface area contributed by atoms with Crippen LogP contribution in [-0.4, -0.2) is 37.7 Å². The topological polar surface area (TPSA) is 24.5 Å². The first-order chi connectivity index (χ1) is 8.77. The molecule has 19 heavy (non-hydrogen) atoms. The molecule has 0 aliphatic rings. The minimum Gasteiger partial charge on any atom is -0.491 e. The van der Waals surface area contributed by atoms with Gasteiger partial charge in [-0.25, -0.2) is 0 Å². The summed E-state index contributed by atoms with van der Waals surface area (Å²) >= 11 is 0. The normalized spacial score (nSPS) is 13.9. The Balaban J connectivity index is 2.99. The molecular formula is C16H28N2O. The zero-order valence-corrected chi connectivity index (χ0v) is 13.3. The molecule has 1 N–H and O–H groups in total. The van der Waals surface area contributed by atoms with Crippen molar-refractivity contribution in [2.45, 2.75) is 45.4 Å². The van der Waals surface area contributed by atoms with E-state index in [2.05, 4.69) is 62.4 Å². The van der Waals surface area contributed by atoms with Gasteiger partial charge in [-0.05, 0) is 66.5 Å². The number of rotatable bonds is 6. The summed E-state index contributed by atoms with van der Waals surface area (Å²) in [6, 6.07) is 8.73. The Kier molecular flexibility index (Phi) is 5.39. The number of benzene rings is 1. The zero-order chi connectivity index (χ0) is 14.6. The SMILES string of the molecule is CNC(C)(C)C(c1ccc(OC(C)C)cc1)N(C)C. The number of nitrogens with one attached hydrogen (secondary N) is 1. The average molecular weight is 264 g/mol. The summed E-state index contributed by atoms with van der Waals surface area (Å²) in [4.78, 5) is 2.24. The Labute approximate surface area is 118 Å². The standard InChI is InChI=1S/C16H28N2O/c1-12(2)19-14-10-8-13(9-11-14)15(18(6)7)16(3,4)17-5/h8-12,15,17H,1-7H3. The summed E-state index contributed by atoms with van der Waals surface area (Å²) in [6.45, 7) is 8.52. The Morgan fingerprint density at radius 1 is 1.11 bits per heavy atom. The fourth-order valence-corrected chi connectivity index (χ4v) is 2.50. The van der Waals surface area contributed by atoms with Gasteiger partial charge in [0.2, 0.25) is 0 Å². The van der Waals surface area contributed by atoms with Crippen molar-refractivity contribution in [2.24, 2.45) is 0 Å². The molecule has 0 aliphatic heterocycles. The Morgan fingerprint density at radius 2 is 1.63 bits per heavy atom. The second-order valence-electron chi connectivity index (χ2n) is 6.07. The molecule has 0 saturated carbocycles. The lowest BCUT2D eigenvalue weighted by Crippen LogP contribution is -2.48. The van der Waals surface area contributed by atoms with E-state index in [9.17, 15) is 0 Å². The van der Waals surface area contributed by atoms with Crippen molar-refractivity contribution in [3.05, 3.63) is 29.8 Å². The molecule has 1 aromatic carbocycles. The van der Waals surface area contributed by atoms with Gasteiger partial charge in [-0.2, -0.15) is 0 Å². The van der Waals surface area contributed by atoms with Gasteiger partial charge in [-0.3, -0.25) is 0 Å². The quantitative estimate of drug-likeness (QED) is 0.854. The predicted octanol–water partition coefficient (Wildman–Crippen LogP) is 3.07. The van der Waals surface area contributed by atoms with Gasteiger partial charge in [0, 0.05) is 5.54 Å². The molecule has 1 unspecified atom stereocenters. The maximum absolute atomic E-state index is 5.69. The van der Waals surface area contributed by atoms with Gasteiger partial charge in [-0.1, -0.05) is 12.1 Å². The minimum atomic E-state index is 0.00389. The molecule has 0 amide bonds. The van der Waals surface area contributed by atoms with Crippen molar-refractivity contribution in [3.63, 3.8) is 0 Å². The van der Waals surface area contributed by atoms with Crippen LogP contribution in [0.2, 0.25) is 0 Å². The highest BCUT2D eigenvalue weighted by Crippen LogP contribution is 2.30. The molecule has 0 heterocycles. The van der Waals surface area contributed by atoms with Crippen LogP contribution in [0.25, 0.3) is 0 Å². The number of ether oxygens (including phenoxy) is 1. The molecule has 0 aromatic heterocycles. The highest BCUT2D eigenvalue weighted by molar-refractivity contribution is 5.31. The summed E-state index contributed by atoms with van der Waals surface area (Å²) in [5, 5.41) is 3.40. The van der Waals surface area contributed by atoms with Crippen molar-refractivity contribution in [1.82, 2.24) is 10.2 Å². The van der Waals surface area contributed by atoms with Crippen molar-refractivity contribution in [1.29, 1.82) is 0 Å². The molecule has 0 saturated heterocycles. The third kappa shape index (κ3) is 4.22. The minimum absolute atomic E-state index is 0.00389. The van der Waals surface area contributed by atoms with Gasteiger partial charge in [0.05, 0.1) is 12.1 Å². The van der Waals surface area contributed by atoms with Crippen molar-refractivity contribution >= 4 is 0 Å². The average Bonchev–Trinajstić information content (AvgIpc) is 2.30. The molecule has 0 radical (unpaired) electrons. The highest BCUT2D eigenvalue weighted by Gasteiger charge is 2.30. The molecule has 1 atom stereocenters. The van der Waals surface area contributed by atoms with Crippen LogP contribution >= 0.6 is 0 Å². The lowest BCUT2D eigenvalue weighted by Gasteiger charge is -2.39. The van der Waals surface area contributed by atoms with Gasteiger partial charge >= 0.3 is 0 Å². The zero-order valence-electron chi connectivity index (χ0n) is 13.3. The van der Waals surface area contributed by atoms with E-state index in [1.54, 1.807) is 0 Å². The van der Waals surface area contributed by atoms with Crippen LogP contribution < -0.4 is 10.1 Å². The summed E-state index contributed by atoms with van der Waals surface area (Å²) in [5.41, 5.74) is 1.30. The van der Waals surface area contributed by atoms with Gasteiger partial charge < -0.3 is 15.0 Å². The maximum Gasteiger partial charge on any atom is 0.119 e. The van der Waals surface area contributed by atoms with Crippen LogP contribution in [0.5, 0.6) is 5.75 Å². The molecule has 1 rings (SSSR count). The summed E-state index contributed by atoms with van der Waals surface area (Å²) < 4.78 is 5.69.